The predicted molar refractivity (Wildman–Crippen MR) is 152 cm³/mol. The number of benzene rings is 4. The predicted octanol–water partition coefficient (Wildman–Crippen LogP) is 6.84. The summed E-state index contributed by atoms with van der Waals surface area (Å²) in [5.74, 6) is 2.65. The molecule has 1 atom stereocenters. The summed E-state index contributed by atoms with van der Waals surface area (Å²) in [6.07, 6.45) is 2.44. The Morgan fingerprint density at radius 2 is 1.64 bits per heavy atom. The van der Waals surface area contributed by atoms with E-state index in [1.807, 2.05) is 60.9 Å². The summed E-state index contributed by atoms with van der Waals surface area (Å²) in [7, 11) is 0. The van der Waals surface area contributed by atoms with Crippen molar-refractivity contribution in [2.75, 3.05) is 13.2 Å². The van der Waals surface area contributed by atoms with Gasteiger partial charge < -0.3 is 18.8 Å². The van der Waals surface area contributed by atoms with Crippen LogP contribution in [-0.2, 0) is 13.0 Å². The fraction of sp³-hybridized carbons (Fsp3) is 0.212. The molecule has 6 nitrogen and oxygen atoms in total. The molecule has 0 saturated carbocycles. The van der Waals surface area contributed by atoms with Gasteiger partial charge in [0.25, 0.3) is 0 Å². The van der Waals surface area contributed by atoms with Gasteiger partial charge in [0.1, 0.15) is 17.6 Å². The Kier molecular flexibility index (Phi) is 6.76. The van der Waals surface area contributed by atoms with Crippen LogP contribution in [0, 0.1) is 5.41 Å². The van der Waals surface area contributed by atoms with Crippen molar-refractivity contribution in [3.8, 4) is 23.1 Å². The van der Waals surface area contributed by atoms with E-state index in [0.717, 1.165) is 56.7 Å². The van der Waals surface area contributed by atoms with E-state index in [2.05, 4.69) is 42.5 Å². The standard InChI is InChI=1S/C33H31N3O3/c1-3-37-27-17-14-22(20-28(27)38-4-2)18-19-36-21-35-33-30(32(36)34)29(24-11-6-5-7-12-24)26-16-15-23-10-8-9-13-25(23)31(26)39-33/h5-17,20-21,29,34H,3-4,18-19H2,1-2H3/t29-/m0/s1. The maximum absolute atomic E-state index is 9.27. The highest BCUT2D eigenvalue weighted by Crippen LogP contribution is 2.47. The average Bonchev–Trinajstić information content (AvgIpc) is 2.97. The maximum atomic E-state index is 9.27. The summed E-state index contributed by atoms with van der Waals surface area (Å²) in [4.78, 5) is 4.74. The molecule has 0 spiro atoms. The van der Waals surface area contributed by atoms with Crippen LogP contribution < -0.4 is 19.7 Å². The van der Waals surface area contributed by atoms with E-state index in [1.54, 1.807) is 6.33 Å². The third-order valence-corrected chi connectivity index (χ3v) is 7.18. The Morgan fingerprint density at radius 1 is 0.872 bits per heavy atom. The number of nitrogens with one attached hydrogen (secondary N) is 1. The van der Waals surface area contributed by atoms with Crippen LogP contribution in [0.2, 0.25) is 0 Å². The van der Waals surface area contributed by atoms with E-state index < -0.39 is 0 Å². The van der Waals surface area contributed by atoms with Gasteiger partial charge in [-0.2, -0.15) is 0 Å². The largest absolute Gasteiger partial charge is 0.490 e. The Labute approximate surface area is 228 Å². The first-order chi connectivity index (χ1) is 19.2. The summed E-state index contributed by atoms with van der Waals surface area (Å²) in [5, 5.41) is 11.4. The number of aromatic nitrogens is 2. The van der Waals surface area contributed by atoms with Crippen molar-refractivity contribution < 1.29 is 14.2 Å². The van der Waals surface area contributed by atoms with Crippen molar-refractivity contribution in [1.29, 1.82) is 5.41 Å². The zero-order chi connectivity index (χ0) is 26.8. The Hall–Kier alpha value is -4.58. The first kappa shape index (κ1) is 24.7. The Morgan fingerprint density at radius 3 is 2.46 bits per heavy atom. The lowest BCUT2D eigenvalue weighted by Gasteiger charge is -2.29. The zero-order valence-corrected chi connectivity index (χ0v) is 22.2. The summed E-state index contributed by atoms with van der Waals surface area (Å²) >= 11 is 0. The van der Waals surface area contributed by atoms with Crippen LogP contribution in [0.1, 0.15) is 42.0 Å². The molecule has 2 heterocycles. The van der Waals surface area contributed by atoms with Gasteiger partial charge in [-0.25, -0.2) is 4.98 Å². The van der Waals surface area contributed by atoms with Crippen molar-refractivity contribution in [2.45, 2.75) is 32.7 Å². The molecule has 1 aliphatic heterocycles. The van der Waals surface area contributed by atoms with E-state index >= 15 is 0 Å². The normalized spacial score (nSPS) is 13.8. The second-order valence-corrected chi connectivity index (χ2v) is 9.55. The molecule has 1 aliphatic rings. The van der Waals surface area contributed by atoms with E-state index in [1.165, 1.54) is 0 Å². The summed E-state index contributed by atoms with van der Waals surface area (Å²) in [5.41, 5.74) is 4.46. The fourth-order valence-corrected chi connectivity index (χ4v) is 5.36. The number of nitrogens with zero attached hydrogens (tertiary/aromatic N) is 2. The molecule has 5 aromatic rings. The van der Waals surface area contributed by atoms with E-state index in [4.69, 9.17) is 19.2 Å². The van der Waals surface area contributed by atoms with Gasteiger partial charge in [0, 0.05) is 23.4 Å². The lowest BCUT2D eigenvalue weighted by Crippen LogP contribution is -2.30. The van der Waals surface area contributed by atoms with Crippen LogP contribution in [0.5, 0.6) is 23.1 Å². The number of hydrogen-bond acceptors (Lipinski definition) is 5. The molecule has 39 heavy (non-hydrogen) atoms. The lowest BCUT2D eigenvalue weighted by atomic mass is 9.83. The highest BCUT2D eigenvalue weighted by atomic mass is 16.5. The zero-order valence-electron chi connectivity index (χ0n) is 22.2. The quantitative estimate of drug-likeness (QED) is 0.240. The smallest absolute Gasteiger partial charge is 0.228 e. The third kappa shape index (κ3) is 4.63. The van der Waals surface area contributed by atoms with Crippen molar-refractivity contribution in [2.24, 2.45) is 0 Å². The molecular formula is C33H31N3O3. The van der Waals surface area contributed by atoms with Crippen LogP contribution >= 0.6 is 0 Å². The van der Waals surface area contributed by atoms with Crippen molar-refractivity contribution in [1.82, 2.24) is 9.55 Å². The van der Waals surface area contributed by atoms with Crippen LogP contribution in [0.3, 0.4) is 0 Å². The minimum atomic E-state index is -0.156. The van der Waals surface area contributed by atoms with E-state index in [-0.39, 0.29) is 5.92 Å². The molecule has 6 heteroatoms. The van der Waals surface area contributed by atoms with Gasteiger partial charge in [-0.1, -0.05) is 72.8 Å². The number of hydrogen-bond donors (Lipinski definition) is 1. The van der Waals surface area contributed by atoms with Gasteiger partial charge in [0.2, 0.25) is 5.88 Å². The molecule has 0 radical (unpaired) electrons. The minimum Gasteiger partial charge on any atom is -0.490 e. The molecule has 4 aromatic carbocycles. The number of ether oxygens (including phenoxy) is 3. The number of aryl methyl sites for hydroxylation is 2. The molecule has 0 aliphatic carbocycles. The highest BCUT2D eigenvalue weighted by Gasteiger charge is 2.33. The van der Waals surface area contributed by atoms with Gasteiger partial charge >= 0.3 is 0 Å². The summed E-state index contributed by atoms with van der Waals surface area (Å²) in [6.45, 7) is 5.69. The third-order valence-electron chi connectivity index (χ3n) is 7.18. The molecule has 0 bridgehead atoms. The SMILES string of the molecule is CCOc1ccc(CCn2cnc3c(c2=N)[C@@H](c2ccccc2)c2ccc4ccccc4c2O3)cc1OCC. The monoisotopic (exact) mass is 517 g/mol. The molecule has 1 N–H and O–H groups in total. The maximum Gasteiger partial charge on any atom is 0.228 e. The Bertz CT molecular complexity index is 1690. The topological polar surface area (TPSA) is 69.4 Å². The van der Waals surface area contributed by atoms with Crippen LogP contribution in [0.15, 0.2) is 91.3 Å². The average molecular weight is 518 g/mol. The van der Waals surface area contributed by atoms with Gasteiger partial charge in [0.05, 0.1) is 18.8 Å². The molecule has 6 rings (SSSR count). The molecule has 0 fully saturated rings. The van der Waals surface area contributed by atoms with Crippen LogP contribution in [-0.4, -0.2) is 22.8 Å². The van der Waals surface area contributed by atoms with Crippen molar-refractivity contribution >= 4 is 10.8 Å². The summed E-state index contributed by atoms with van der Waals surface area (Å²) in [6, 6.07) is 28.9. The van der Waals surface area contributed by atoms with Crippen molar-refractivity contribution in [3.63, 3.8) is 0 Å². The second kappa shape index (κ2) is 10.7. The second-order valence-electron chi connectivity index (χ2n) is 9.55. The molecule has 0 saturated heterocycles. The van der Waals surface area contributed by atoms with Crippen LogP contribution in [0.25, 0.3) is 10.8 Å². The van der Waals surface area contributed by atoms with Gasteiger partial charge in [-0.3, -0.25) is 5.41 Å². The molecule has 196 valence electrons. The number of rotatable bonds is 8. The van der Waals surface area contributed by atoms with Gasteiger partial charge in [-0.15, -0.1) is 0 Å². The van der Waals surface area contributed by atoms with Crippen LogP contribution in [0.4, 0.5) is 0 Å². The van der Waals surface area contributed by atoms with Gasteiger partial charge in [-0.05, 0) is 48.9 Å². The number of fused-ring (bicyclic) bond motifs is 4. The first-order valence-electron chi connectivity index (χ1n) is 13.4. The summed E-state index contributed by atoms with van der Waals surface area (Å²) < 4.78 is 19.9. The van der Waals surface area contributed by atoms with Crippen molar-refractivity contribution in [3.05, 3.63) is 119 Å². The molecule has 1 aromatic heterocycles. The fourth-order valence-electron chi connectivity index (χ4n) is 5.36. The van der Waals surface area contributed by atoms with Gasteiger partial charge in [0.15, 0.2) is 11.5 Å². The lowest BCUT2D eigenvalue weighted by molar-refractivity contribution is 0.287. The Balaban J connectivity index is 1.39. The van der Waals surface area contributed by atoms with E-state index in [0.29, 0.717) is 31.1 Å². The highest BCUT2D eigenvalue weighted by molar-refractivity contribution is 5.91. The molecule has 0 amide bonds. The molecule has 0 unspecified atom stereocenters. The van der Waals surface area contributed by atoms with E-state index in [9.17, 15) is 5.41 Å². The minimum absolute atomic E-state index is 0.156. The first-order valence-corrected chi connectivity index (χ1v) is 13.4. The molecular weight excluding hydrogens is 486 g/mol.